The van der Waals surface area contributed by atoms with Crippen molar-refractivity contribution in [2.75, 3.05) is 6.61 Å². The summed E-state index contributed by atoms with van der Waals surface area (Å²) in [5.41, 5.74) is 1.88. The fourth-order valence-electron chi connectivity index (χ4n) is 9.39. The molecule has 0 spiro atoms. The van der Waals surface area contributed by atoms with E-state index in [4.69, 9.17) is 0 Å². The highest BCUT2D eigenvalue weighted by Crippen LogP contribution is 2.67. The molecule has 4 aliphatic carbocycles. The Morgan fingerprint density at radius 2 is 1.81 bits per heavy atom. The molecule has 0 aliphatic heterocycles. The topological polar surface area (TPSA) is 40.5 Å². The highest BCUT2D eigenvalue weighted by Gasteiger charge is 2.60. The molecule has 2 nitrogen and oxygen atoms in total. The molecule has 178 valence electrons. The molecule has 31 heavy (non-hydrogen) atoms. The molecule has 0 radical (unpaired) electrons. The number of aliphatic hydroxyl groups is 2. The van der Waals surface area contributed by atoms with Crippen LogP contribution in [0.4, 0.5) is 0 Å². The molecular weight excluding hydrogens is 380 g/mol. The van der Waals surface area contributed by atoms with E-state index in [2.05, 4.69) is 40.7 Å². The third kappa shape index (κ3) is 3.96. The fourth-order valence-corrected chi connectivity index (χ4v) is 9.39. The van der Waals surface area contributed by atoms with Gasteiger partial charge in [0.05, 0.1) is 12.7 Å². The zero-order valence-corrected chi connectivity index (χ0v) is 21.1. The van der Waals surface area contributed by atoms with Crippen LogP contribution in [-0.2, 0) is 0 Å². The first-order valence-corrected chi connectivity index (χ1v) is 13.7. The van der Waals surface area contributed by atoms with Gasteiger partial charge in [-0.2, -0.15) is 0 Å². The van der Waals surface area contributed by atoms with Crippen LogP contribution in [0.5, 0.6) is 0 Å². The summed E-state index contributed by atoms with van der Waals surface area (Å²) in [6.07, 6.45) is 15.7. The van der Waals surface area contributed by atoms with Crippen LogP contribution in [0.3, 0.4) is 0 Å². The monoisotopic (exact) mass is 430 g/mol. The van der Waals surface area contributed by atoms with Crippen molar-refractivity contribution >= 4 is 0 Å². The maximum Gasteiger partial charge on any atom is 0.0577 e. The number of hydrogen-bond donors (Lipinski definition) is 2. The van der Waals surface area contributed by atoms with Crippen molar-refractivity contribution in [2.24, 2.45) is 52.3 Å². The Balaban J connectivity index is 1.50. The van der Waals surface area contributed by atoms with E-state index >= 15 is 0 Å². The van der Waals surface area contributed by atoms with Gasteiger partial charge in [-0.1, -0.05) is 59.1 Å². The third-order valence-electron chi connectivity index (χ3n) is 11.3. The summed E-state index contributed by atoms with van der Waals surface area (Å²) < 4.78 is 0. The first-order valence-electron chi connectivity index (χ1n) is 13.7. The molecule has 0 amide bonds. The average molecular weight is 431 g/mol. The minimum Gasteiger partial charge on any atom is -0.395 e. The van der Waals surface area contributed by atoms with Gasteiger partial charge in [0.15, 0.2) is 0 Å². The molecular formula is C29H50O2. The summed E-state index contributed by atoms with van der Waals surface area (Å²) in [7, 11) is 0. The van der Waals surface area contributed by atoms with Crippen LogP contribution in [-0.4, -0.2) is 22.9 Å². The Morgan fingerprint density at radius 1 is 1.03 bits per heavy atom. The van der Waals surface area contributed by atoms with Crippen LogP contribution in [0, 0.1) is 52.3 Å². The summed E-state index contributed by atoms with van der Waals surface area (Å²) in [6.45, 7) is 12.7. The van der Waals surface area contributed by atoms with Crippen LogP contribution in [0.1, 0.15) is 105 Å². The predicted molar refractivity (Wildman–Crippen MR) is 130 cm³/mol. The smallest absolute Gasteiger partial charge is 0.0577 e. The van der Waals surface area contributed by atoms with Gasteiger partial charge in [0.2, 0.25) is 0 Å². The van der Waals surface area contributed by atoms with Crippen molar-refractivity contribution in [2.45, 2.75) is 111 Å². The first kappa shape index (κ1) is 23.8. The predicted octanol–water partition coefficient (Wildman–Crippen LogP) is 7.00. The quantitative estimate of drug-likeness (QED) is 0.427. The molecule has 2 heteroatoms. The number of rotatable bonds is 7. The van der Waals surface area contributed by atoms with Crippen molar-refractivity contribution in [3.63, 3.8) is 0 Å². The van der Waals surface area contributed by atoms with Gasteiger partial charge in [-0.05, 0) is 105 Å². The zero-order valence-electron chi connectivity index (χ0n) is 21.1. The van der Waals surface area contributed by atoms with Crippen molar-refractivity contribution in [3.05, 3.63) is 11.6 Å². The summed E-state index contributed by atoms with van der Waals surface area (Å²) in [5.74, 6) is 5.64. The van der Waals surface area contributed by atoms with Crippen LogP contribution < -0.4 is 0 Å². The van der Waals surface area contributed by atoms with Crippen molar-refractivity contribution < 1.29 is 10.2 Å². The van der Waals surface area contributed by atoms with E-state index in [1.165, 1.54) is 56.9 Å². The van der Waals surface area contributed by atoms with E-state index in [1.807, 2.05) is 0 Å². The highest BCUT2D eigenvalue weighted by molar-refractivity contribution is 5.26. The molecule has 3 fully saturated rings. The molecule has 4 aliphatic rings. The van der Waals surface area contributed by atoms with Gasteiger partial charge >= 0.3 is 0 Å². The lowest BCUT2D eigenvalue weighted by atomic mass is 9.46. The maximum atomic E-state index is 10.6. The lowest BCUT2D eigenvalue weighted by Crippen LogP contribution is -2.53. The zero-order chi connectivity index (χ0) is 22.4. The Labute approximate surface area is 192 Å². The van der Waals surface area contributed by atoms with Crippen molar-refractivity contribution in [3.8, 4) is 0 Å². The lowest BCUT2D eigenvalue weighted by Gasteiger charge is -2.59. The lowest BCUT2D eigenvalue weighted by molar-refractivity contribution is -0.0797. The van der Waals surface area contributed by atoms with Gasteiger partial charge in [0.25, 0.3) is 0 Å². The molecule has 2 N–H and O–H groups in total. The van der Waals surface area contributed by atoms with E-state index < -0.39 is 0 Å². The molecule has 9 atom stereocenters. The maximum absolute atomic E-state index is 10.6. The number of aliphatic hydroxyl groups excluding tert-OH is 2. The molecule has 0 bridgehead atoms. The Bertz CT molecular complexity index is 653. The normalized spacial score (nSPS) is 44.3. The number of fused-ring (bicyclic) bond motifs is 5. The highest BCUT2D eigenvalue weighted by atomic mass is 16.3. The summed E-state index contributed by atoms with van der Waals surface area (Å²) in [6, 6.07) is 0. The van der Waals surface area contributed by atoms with Gasteiger partial charge < -0.3 is 10.2 Å². The van der Waals surface area contributed by atoms with E-state index in [9.17, 15) is 10.2 Å². The SMILES string of the molecule is CC[C@H](CC[C@@H](C)[C@@H]1CC[C@@H]2[C@@H]3CC=C4C[C@H](O)CC[C@]4(CO)[C@H]3CC[C@@]21C)C(C)C. The fraction of sp³-hybridized carbons (Fsp3) is 0.931. The van der Waals surface area contributed by atoms with Gasteiger partial charge in [0, 0.05) is 5.41 Å². The second-order valence-electron chi connectivity index (χ2n) is 12.7. The van der Waals surface area contributed by atoms with E-state index in [-0.39, 0.29) is 11.5 Å². The number of allylic oxidation sites excluding steroid dienone is 1. The van der Waals surface area contributed by atoms with Crippen LogP contribution in [0.25, 0.3) is 0 Å². The van der Waals surface area contributed by atoms with Crippen molar-refractivity contribution in [1.29, 1.82) is 0 Å². The van der Waals surface area contributed by atoms with E-state index in [1.54, 1.807) is 0 Å². The third-order valence-corrected chi connectivity index (χ3v) is 11.3. The molecule has 0 saturated heterocycles. The molecule has 0 aromatic carbocycles. The van der Waals surface area contributed by atoms with Gasteiger partial charge in [0.1, 0.15) is 0 Å². The molecule has 4 rings (SSSR count). The Kier molecular flexibility index (Phi) is 7.01. The van der Waals surface area contributed by atoms with Crippen molar-refractivity contribution in [1.82, 2.24) is 0 Å². The van der Waals surface area contributed by atoms with Crippen LogP contribution >= 0.6 is 0 Å². The van der Waals surface area contributed by atoms with E-state index in [0.29, 0.717) is 17.9 Å². The minimum absolute atomic E-state index is 0.0151. The molecule has 0 aromatic heterocycles. The van der Waals surface area contributed by atoms with Gasteiger partial charge in [-0.3, -0.25) is 0 Å². The first-order chi connectivity index (χ1) is 14.8. The molecule has 3 saturated carbocycles. The van der Waals surface area contributed by atoms with Gasteiger partial charge in [-0.15, -0.1) is 0 Å². The number of hydrogen-bond acceptors (Lipinski definition) is 2. The minimum atomic E-state index is -0.189. The summed E-state index contributed by atoms with van der Waals surface area (Å²) in [4.78, 5) is 0. The standard InChI is InChI=1S/C29H50O2/c1-6-21(19(2)3)8-7-20(4)25-11-12-26-24-10-9-22-17-23(31)13-16-29(22,18-30)27(24)14-15-28(25,26)5/h9,19-21,23-27,30-31H,6-8,10-18H2,1-5H3/t20-,21-,23-,24+,25+,26-,27+,28-,29-/m1/s1. The average Bonchev–Trinajstić information content (AvgIpc) is 3.10. The molecule has 0 unspecified atom stereocenters. The van der Waals surface area contributed by atoms with Gasteiger partial charge in [-0.25, -0.2) is 0 Å². The Morgan fingerprint density at radius 3 is 2.48 bits per heavy atom. The summed E-state index contributed by atoms with van der Waals surface area (Å²) >= 11 is 0. The largest absolute Gasteiger partial charge is 0.395 e. The second kappa shape index (κ2) is 9.13. The Hall–Kier alpha value is -0.340. The van der Waals surface area contributed by atoms with Crippen LogP contribution in [0.2, 0.25) is 0 Å². The van der Waals surface area contributed by atoms with E-state index in [0.717, 1.165) is 54.8 Å². The molecule has 0 aromatic rings. The molecule has 0 heterocycles. The van der Waals surface area contributed by atoms with Crippen LogP contribution in [0.15, 0.2) is 11.6 Å². The summed E-state index contributed by atoms with van der Waals surface area (Å²) in [5, 5.41) is 20.9. The second-order valence-corrected chi connectivity index (χ2v) is 12.7.